The van der Waals surface area contributed by atoms with Gasteiger partial charge in [0.15, 0.2) is 0 Å². The zero-order valence-electron chi connectivity index (χ0n) is 10.2. The fourth-order valence-electron chi connectivity index (χ4n) is 2.82. The van der Waals surface area contributed by atoms with Gasteiger partial charge in [-0.1, -0.05) is 60.7 Å². The van der Waals surface area contributed by atoms with Crippen LogP contribution in [0.3, 0.4) is 0 Å². The highest BCUT2D eigenvalue weighted by Crippen LogP contribution is 2.33. The number of fused-ring (bicyclic) bond motifs is 5. The maximum atomic E-state index is 2.44. The van der Waals surface area contributed by atoms with Crippen molar-refractivity contribution in [1.29, 1.82) is 0 Å². The third-order valence-electron chi connectivity index (χ3n) is 3.72. The summed E-state index contributed by atoms with van der Waals surface area (Å²) < 4.78 is 1.32. The first kappa shape index (κ1) is 11.2. The molecule has 0 aromatic heterocycles. The lowest BCUT2D eigenvalue weighted by molar-refractivity contribution is 1.74. The van der Waals surface area contributed by atoms with E-state index < -0.39 is 0 Å². The van der Waals surface area contributed by atoms with Gasteiger partial charge in [0.1, 0.15) is 0 Å². The van der Waals surface area contributed by atoms with E-state index in [2.05, 4.69) is 89.3 Å². The number of rotatable bonds is 0. The van der Waals surface area contributed by atoms with Gasteiger partial charge in [0.2, 0.25) is 0 Å². The van der Waals surface area contributed by atoms with Crippen LogP contribution in [0.25, 0.3) is 32.3 Å². The zero-order chi connectivity index (χ0) is 12.8. The molecule has 90 valence electrons. The molecule has 4 rings (SSSR count). The Morgan fingerprint density at radius 1 is 0.526 bits per heavy atom. The van der Waals surface area contributed by atoms with Crippen molar-refractivity contribution in [2.75, 3.05) is 0 Å². The number of benzene rings is 4. The average molecular weight is 354 g/mol. The zero-order valence-corrected chi connectivity index (χ0v) is 12.4. The molecule has 0 fully saturated rings. The van der Waals surface area contributed by atoms with Crippen molar-refractivity contribution in [1.82, 2.24) is 0 Å². The molecule has 0 saturated carbocycles. The van der Waals surface area contributed by atoms with Crippen molar-refractivity contribution in [3.05, 3.63) is 70.3 Å². The van der Waals surface area contributed by atoms with Crippen LogP contribution in [0.15, 0.2) is 66.7 Å². The molecule has 1 heteroatoms. The van der Waals surface area contributed by atoms with Gasteiger partial charge in [0.05, 0.1) is 0 Å². The van der Waals surface area contributed by atoms with Crippen LogP contribution >= 0.6 is 22.6 Å². The lowest BCUT2D eigenvalue weighted by Crippen LogP contribution is -1.83. The van der Waals surface area contributed by atoms with E-state index >= 15 is 0 Å². The Balaban J connectivity index is 2.34. The van der Waals surface area contributed by atoms with E-state index in [-0.39, 0.29) is 0 Å². The van der Waals surface area contributed by atoms with Gasteiger partial charge in [-0.15, -0.1) is 0 Å². The second-order valence-electron chi connectivity index (χ2n) is 4.79. The molecule has 0 nitrogen and oxygen atoms in total. The molecule has 0 amide bonds. The first-order valence-corrected chi connectivity index (χ1v) is 7.41. The van der Waals surface area contributed by atoms with E-state index in [9.17, 15) is 0 Å². The van der Waals surface area contributed by atoms with Crippen molar-refractivity contribution >= 4 is 54.9 Å². The van der Waals surface area contributed by atoms with Crippen molar-refractivity contribution in [3.63, 3.8) is 0 Å². The number of hydrogen-bond donors (Lipinski definition) is 0. The standard InChI is InChI=1S/C18H11I/c19-18-11-17-13-6-2-1-5-12(13)9-10-15(17)14-7-3-4-8-16(14)18/h1-11H. The van der Waals surface area contributed by atoms with Gasteiger partial charge in [-0.2, -0.15) is 0 Å². The van der Waals surface area contributed by atoms with Gasteiger partial charge < -0.3 is 0 Å². The smallest absolute Gasteiger partial charge is 0.0215 e. The highest BCUT2D eigenvalue weighted by molar-refractivity contribution is 14.1. The Hall–Kier alpha value is -1.61. The van der Waals surface area contributed by atoms with E-state index in [1.165, 1.54) is 35.9 Å². The lowest BCUT2D eigenvalue weighted by atomic mass is 9.97. The Bertz CT molecular complexity index is 922. The van der Waals surface area contributed by atoms with Gasteiger partial charge in [-0.05, 0) is 61.0 Å². The van der Waals surface area contributed by atoms with Gasteiger partial charge >= 0.3 is 0 Å². The van der Waals surface area contributed by atoms with Crippen LogP contribution in [0.1, 0.15) is 0 Å². The summed E-state index contributed by atoms with van der Waals surface area (Å²) in [7, 11) is 0. The summed E-state index contributed by atoms with van der Waals surface area (Å²) in [5.41, 5.74) is 0. The molecule has 0 bridgehead atoms. The van der Waals surface area contributed by atoms with Crippen LogP contribution in [0.5, 0.6) is 0 Å². The Kier molecular flexibility index (Phi) is 2.49. The van der Waals surface area contributed by atoms with E-state index in [1.807, 2.05) is 0 Å². The topological polar surface area (TPSA) is 0 Å². The summed E-state index contributed by atoms with van der Waals surface area (Å²) in [4.78, 5) is 0. The summed E-state index contributed by atoms with van der Waals surface area (Å²) in [5, 5.41) is 8.02. The molecule has 0 N–H and O–H groups in total. The molecule has 0 atom stereocenters. The van der Waals surface area contributed by atoms with Crippen LogP contribution in [-0.2, 0) is 0 Å². The van der Waals surface area contributed by atoms with Crippen molar-refractivity contribution in [3.8, 4) is 0 Å². The van der Waals surface area contributed by atoms with Crippen molar-refractivity contribution in [2.24, 2.45) is 0 Å². The monoisotopic (exact) mass is 354 g/mol. The summed E-state index contributed by atoms with van der Waals surface area (Å²) in [5.74, 6) is 0. The fraction of sp³-hybridized carbons (Fsp3) is 0. The van der Waals surface area contributed by atoms with Crippen LogP contribution in [0.2, 0.25) is 0 Å². The van der Waals surface area contributed by atoms with Crippen LogP contribution < -0.4 is 0 Å². The van der Waals surface area contributed by atoms with Crippen LogP contribution in [0, 0.1) is 3.57 Å². The molecule has 0 saturated heterocycles. The van der Waals surface area contributed by atoms with Crippen molar-refractivity contribution in [2.45, 2.75) is 0 Å². The van der Waals surface area contributed by atoms with Crippen LogP contribution in [0.4, 0.5) is 0 Å². The van der Waals surface area contributed by atoms with Crippen LogP contribution in [-0.4, -0.2) is 0 Å². The molecular formula is C18H11I. The normalized spacial score (nSPS) is 11.4. The first-order chi connectivity index (χ1) is 9.34. The molecule has 0 aliphatic rings. The minimum Gasteiger partial charge on any atom is -0.0616 e. The highest BCUT2D eigenvalue weighted by Gasteiger charge is 2.06. The minimum atomic E-state index is 1.31. The van der Waals surface area contributed by atoms with E-state index in [4.69, 9.17) is 0 Å². The largest absolute Gasteiger partial charge is 0.0616 e. The third kappa shape index (κ3) is 1.65. The molecule has 4 aromatic carbocycles. The first-order valence-electron chi connectivity index (χ1n) is 6.33. The van der Waals surface area contributed by atoms with Gasteiger partial charge in [-0.3, -0.25) is 0 Å². The van der Waals surface area contributed by atoms with E-state index in [0.29, 0.717) is 0 Å². The Labute approximate surface area is 125 Å². The number of halogens is 1. The highest BCUT2D eigenvalue weighted by atomic mass is 127. The molecular weight excluding hydrogens is 343 g/mol. The SMILES string of the molecule is Ic1cc2c3ccccc3ccc2c2ccccc12. The second-order valence-corrected chi connectivity index (χ2v) is 5.95. The lowest BCUT2D eigenvalue weighted by Gasteiger charge is -2.09. The predicted molar refractivity (Wildman–Crippen MR) is 91.7 cm³/mol. The summed E-state index contributed by atoms with van der Waals surface area (Å²) in [6, 6.07) is 24.0. The maximum Gasteiger partial charge on any atom is 0.0215 e. The molecule has 0 spiro atoms. The summed E-state index contributed by atoms with van der Waals surface area (Å²) >= 11 is 2.44. The second kappa shape index (κ2) is 4.20. The van der Waals surface area contributed by atoms with Gasteiger partial charge in [0, 0.05) is 3.57 Å². The molecule has 0 heterocycles. The molecule has 4 aromatic rings. The molecule has 0 unspecified atom stereocenters. The van der Waals surface area contributed by atoms with Crippen molar-refractivity contribution < 1.29 is 0 Å². The Morgan fingerprint density at radius 3 is 2.00 bits per heavy atom. The average Bonchev–Trinajstić information content (AvgIpc) is 2.47. The summed E-state index contributed by atoms with van der Waals surface area (Å²) in [6.07, 6.45) is 0. The predicted octanol–water partition coefficient (Wildman–Crippen LogP) is 5.75. The maximum absolute atomic E-state index is 2.44. The minimum absolute atomic E-state index is 1.31. The molecule has 0 aliphatic heterocycles. The third-order valence-corrected chi connectivity index (χ3v) is 4.61. The quantitative estimate of drug-likeness (QED) is 0.279. The van der Waals surface area contributed by atoms with Gasteiger partial charge in [0.25, 0.3) is 0 Å². The van der Waals surface area contributed by atoms with Gasteiger partial charge in [-0.25, -0.2) is 0 Å². The van der Waals surface area contributed by atoms with E-state index in [1.54, 1.807) is 0 Å². The Morgan fingerprint density at radius 2 is 1.16 bits per heavy atom. The fourth-order valence-corrected chi connectivity index (χ4v) is 3.60. The molecule has 19 heavy (non-hydrogen) atoms. The van der Waals surface area contributed by atoms with E-state index in [0.717, 1.165) is 0 Å². The summed E-state index contributed by atoms with van der Waals surface area (Å²) in [6.45, 7) is 0. The number of hydrogen-bond acceptors (Lipinski definition) is 0. The molecule has 0 aliphatic carbocycles. The molecule has 0 radical (unpaired) electrons.